The van der Waals surface area contributed by atoms with Crippen LogP contribution in [-0.2, 0) is 9.59 Å². The summed E-state index contributed by atoms with van der Waals surface area (Å²) in [6.07, 6.45) is 0. The molecule has 3 aromatic carbocycles. The molecule has 0 bridgehead atoms. The number of rotatable bonds is 6. The summed E-state index contributed by atoms with van der Waals surface area (Å²) < 4.78 is -0.765. The van der Waals surface area contributed by atoms with E-state index in [-0.39, 0.29) is 10.5 Å². The second-order valence-electron chi connectivity index (χ2n) is 7.73. The number of carboxylic acids is 2. The van der Waals surface area contributed by atoms with Crippen molar-refractivity contribution < 1.29 is 34.2 Å². The molecule has 0 amide bonds. The normalized spacial score (nSPS) is 9.72. The topological polar surface area (TPSA) is 126 Å². The summed E-state index contributed by atoms with van der Waals surface area (Å²) >= 11 is -4.04. The second kappa shape index (κ2) is 14.8. The minimum atomic E-state index is -4.04. The monoisotopic (exact) mass is 686 g/mol. The van der Waals surface area contributed by atoms with Gasteiger partial charge in [-0.1, -0.05) is 0 Å². The van der Waals surface area contributed by atoms with Gasteiger partial charge in [0.1, 0.15) is 0 Å². The number of aryl methyl sites for hydroxylation is 3. The third-order valence-corrected chi connectivity index (χ3v) is 12.3. The molecule has 3 aromatic rings. The Bertz CT molecular complexity index is 1110. The van der Waals surface area contributed by atoms with E-state index in [2.05, 4.69) is 0 Å². The first-order valence-electron chi connectivity index (χ1n) is 10.9. The molecule has 0 unspecified atom stereocenters. The molecule has 0 radical (unpaired) electrons. The predicted molar refractivity (Wildman–Crippen MR) is 139 cm³/mol. The van der Waals surface area contributed by atoms with Crippen molar-refractivity contribution in [1.29, 1.82) is 0 Å². The Labute approximate surface area is 218 Å². The first-order valence-corrected chi connectivity index (χ1v) is 16.1. The van der Waals surface area contributed by atoms with Gasteiger partial charge in [-0.05, 0) is 0 Å². The van der Waals surface area contributed by atoms with Gasteiger partial charge in [0.2, 0.25) is 0 Å². The summed E-state index contributed by atoms with van der Waals surface area (Å²) in [5, 5.41) is 14.8. The molecule has 0 aliphatic rings. The Kier molecular flexibility index (Phi) is 12.5. The van der Waals surface area contributed by atoms with Crippen LogP contribution in [0.15, 0.2) is 72.8 Å². The Balaban J connectivity index is 0.000000709. The zero-order chi connectivity index (χ0) is 27.4. The molecular formula is C28H29BiO7. The number of aliphatic carboxylic acids is 2. The SMILES string of the molecule is CC(=O)O.CC(=O)O.Cc1ccccc1[C](=O)[Bi]([C](=O)c1ccccc1C)[C](=O)c1ccccc1C. The molecule has 0 saturated heterocycles. The van der Waals surface area contributed by atoms with Crippen molar-refractivity contribution in [3.63, 3.8) is 0 Å². The molecule has 0 heterocycles. The molecule has 0 spiro atoms. The number of hydrogen-bond donors (Lipinski definition) is 2. The molecular weight excluding hydrogens is 657 g/mol. The van der Waals surface area contributed by atoms with Crippen molar-refractivity contribution in [2.45, 2.75) is 34.6 Å². The maximum atomic E-state index is 13.5. The molecule has 0 atom stereocenters. The van der Waals surface area contributed by atoms with E-state index in [4.69, 9.17) is 19.8 Å². The van der Waals surface area contributed by atoms with Gasteiger partial charge in [-0.3, -0.25) is 9.59 Å². The first-order chi connectivity index (χ1) is 16.9. The Morgan fingerprint density at radius 2 is 0.694 bits per heavy atom. The molecule has 2 N–H and O–H groups in total. The summed E-state index contributed by atoms with van der Waals surface area (Å²) in [6.45, 7) is 7.68. The molecule has 3 rings (SSSR count). The van der Waals surface area contributed by atoms with Gasteiger partial charge in [-0.15, -0.1) is 0 Å². The Morgan fingerprint density at radius 1 is 0.500 bits per heavy atom. The Morgan fingerprint density at radius 3 is 0.889 bits per heavy atom. The second-order valence-corrected chi connectivity index (χ2v) is 15.1. The molecule has 0 saturated carbocycles. The van der Waals surface area contributed by atoms with Gasteiger partial charge in [0.15, 0.2) is 0 Å². The third-order valence-electron chi connectivity index (χ3n) is 4.74. The summed E-state index contributed by atoms with van der Waals surface area (Å²) in [5.74, 6) is -1.67. The van der Waals surface area contributed by atoms with Crippen molar-refractivity contribution in [2.75, 3.05) is 0 Å². The molecule has 36 heavy (non-hydrogen) atoms. The van der Waals surface area contributed by atoms with E-state index < -0.39 is 33.7 Å². The van der Waals surface area contributed by atoms with Gasteiger partial charge in [0, 0.05) is 13.8 Å². The van der Waals surface area contributed by atoms with E-state index in [0.717, 1.165) is 30.5 Å². The van der Waals surface area contributed by atoms with Crippen molar-refractivity contribution in [2.24, 2.45) is 0 Å². The Hall–Kier alpha value is -3.51. The van der Waals surface area contributed by atoms with Crippen LogP contribution in [0, 0.1) is 20.8 Å². The van der Waals surface area contributed by atoms with E-state index in [9.17, 15) is 14.4 Å². The predicted octanol–water partition coefficient (Wildman–Crippen LogP) is 4.85. The average molecular weight is 687 g/mol. The first kappa shape index (κ1) is 30.5. The average Bonchev–Trinajstić information content (AvgIpc) is 2.79. The van der Waals surface area contributed by atoms with Gasteiger partial charge in [-0.25, -0.2) is 0 Å². The maximum absolute atomic E-state index is 13.5. The minimum absolute atomic E-state index is 0.255. The van der Waals surface area contributed by atoms with Crippen LogP contribution in [-0.4, -0.2) is 54.4 Å². The van der Waals surface area contributed by atoms with E-state index in [1.165, 1.54) is 0 Å². The number of carbonyl (C=O) groups is 5. The van der Waals surface area contributed by atoms with Crippen molar-refractivity contribution in [1.82, 2.24) is 0 Å². The standard InChI is InChI=1S/3C8H7O.2C2H4O2.Bi/c3*1-7-4-2-3-5-8(7)6-9;2*1-2(3)4;/h3*2-5H,1H3;2*1H3,(H,3,4);. The number of hydrogen-bond acceptors (Lipinski definition) is 5. The molecule has 0 aliphatic carbocycles. The summed E-state index contributed by atoms with van der Waals surface area (Å²) in [5.41, 5.74) is 3.85. The molecule has 8 heteroatoms. The fourth-order valence-corrected chi connectivity index (χ4v) is 11.0. The van der Waals surface area contributed by atoms with Crippen LogP contribution in [0.2, 0.25) is 0 Å². The molecule has 0 aromatic heterocycles. The van der Waals surface area contributed by atoms with Crippen LogP contribution in [0.25, 0.3) is 0 Å². The van der Waals surface area contributed by atoms with Crippen LogP contribution in [0.3, 0.4) is 0 Å². The summed E-state index contributed by atoms with van der Waals surface area (Å²) in [6, 6.07) is 21.5. The van der Waals surface area contributed by atoms with Crippen LogP contribution in [0.5, 0.6) is 0 Å². The molecule has 0 aliphatic heterocycles. The van der Waals surface area contributed by atoms with Gasteiger partial charge in [-0.2, -0.15) is 0 Å². The van der Waals surface area contributed by atoms with Gasteiger partial charge < -0.3 is 10.2 Å². The fourth-order valence-electron chi connectivity index (χ4n) is 3.08. The zero-order valence-electron chi connectivity index (χ0n) is 20.8. The molecule has 7 nitrogen and oxygen atoms in total. The van der Waals surface area contributed by atoms with Crippen molar-refractivity contribution in [3.8, 4) is 0 Å². The zero-order valence-corrected chi connectivity index (χ0v) is 24.3. The summed E-state index contributed by atoms with van der Waals surface area (Å²) in [4.78, 5) is 58.4. The van der Waals surface area contributed by atoms with Gasteiger partial charge in [0.05, 0.1) is 0 Å². The van der Waals surface area contributed by atoms with Gasteiger partial charge in [0.25, 0.3) is 11.9 Å². The van der Waals surface area contributed by atoms with Crippen LogP contribution in [0.1, 0.15) is 61.6 Å². The number of carboxylic acid groups (broad SMARTS) is 2. The van der Waals surface area contributed by atoms with E-state index in [0.29, 0.717) is 16.7 Å². The fraction of sp³-hybridized carbons (Fsp3) is 0.179. The van der Waals surface area contributed by atoms with E-state index in [1.807, 2.05) is 57.2 Å². The van der Waals surface area contributed by atoms with Gasteiger partial charge >= 0.3 is 174 Å². The van der Waals surface area contributed by atoms with Crippen LogP contribution in [0.4, 0.5) is 0 Å². The van der Waals surface area contributed by atoms with Crippen LogP contribution >= 0.6 is 0 Å². The van der Waals surface area contributed by atoms with Crippen molar-refractivity contribution >= 4 is 44.2 Å². The van der Waals surface area contributed by atoms with Crippen LogP contribution < -0.4 is 0 Å². The third kappa shape index (κ3) is 9.27. The molecule has 188 valence electrons. The number of benzene rings is 3. The van der Waals surface area contributed by atoms with Crippen molar-refractivity contribution in [3.05, 3.63) is 106 Å². The number of carbonyl (C=O) groups excluding carboxylic acids is 3. The summed E-state index contributed by atoms with van der Waals surface area (Å²) in [7, 11) is 0. The quantitative estimate of drug-likeness (QED) is 0.355. The van der Waals surface area contributed by atoms with E-state index >= 15 is 0 Å². The van der Waals surface area contributed by atoms with E-state index in [1.54, 1.807) is 36.4 Å². The molecule has 0 fully saturated rings.